The van der Waals surface area contributed by atoms with Gasteiger partial charge in [-0.25, -0.2) is 4.98 Å². The standard InChI is InChI=1S/C14H11ClF3N3O2S/c1-7-4-19-5-10(15)9(7)6-24-13-20-11(14(16,17)18)3-12(21-13)23-8(2)22/h3-5H,6H2,1-2H3. The molecule has 2 rings (SSSR count). The van der Waals surface area contributed by atoms with Gasteiger partial charge in [-0.05, 0) is 18.1 Å². The molecule has 128 valence electrons. The van der Waals surface area contributed by atoms with Gasteiger partial charge in [-0.3, -0.25) is 9.78 Å². The number of carbonyl (C=O) groups excluding carboxylic acids is 1. The lowest BCUT2D eigenvalue weighted by Crippen LogP contribution is -2.12. The van der Waals surface area contributed by atoms with Gasteiger partial charge in [0.1, 0.15) is 0 Å². The van der Waals surface area contributed by atoms with E-state index in [4.69, 9.17) is 11.6 Å². The number of hydrogen-bond donors (Lipinski definition) is 0. The van der Waals surface area contributed by atoms with E-state index in [0.717, 1.165) is 24.2 Å². The smallest absolute Gasteiger partial charge is 0.407 e. The van der Waals surface area contributed by atoms with Crippen LogP contribution in [0.15, 0.2) is 23.6 Å². The Morgan fingerprint density at radius 3 is 2.62 bits per heavy atom. The zero-order valence-electron chi connectivity index (χ0n) is 12.5. The van der Waals surface area contributed by atoms with Crippen LogP contribution in [0, 0.1) is 6.92 Å². The third-order valence-electron chi connectivity index (χ3n) is 2.79. The topological polar surface area (TPSA) is 65.0 Å². The minimum absolute atomic E-state index is 0.173. The molecule has 10 heteroatoms. The van der Waals surface area contributed by atoms with Crippen LogP contribution in [0.2, 0.25) is 5.02 Å². The monoisotopic (exact) mass is 377 g/mol. The zero-order chi connectivity index (χ0) is 17.9. The lowest BCUT2D eigenvalue weighted by molar-refractivity contribution is -0.142. The van der Waals surface area contributed by atoms with Crippen LogP contribution in [0.1, 0.15) is 23.7 Å². The van der Waals surface area contributed by atoms with Crippen LogP contribution in [-0.2, 0) is 16.7 Å². The quantitative estimate of drug-likeness (QED) is 0.454. The van der Waals surface area contributed by atoms with Gasteiger partial charge < -0.3 is 4.74 Å². The van der Waals surface area contributed by atoms with Gasteiger partial charge in [-0.1, -0.05) is 23.4 Å². The van der Waals surface area contributed by atoms with Crippen molar-refractivity contribution in [3.8, 4) is 5.88 Å². The summed E-state index contributed by atoms with van der Waals surface area (Å²) in [4.78, 5) is 22.1. The maximum Gasteiger partial charge on any atom is 0.433 e. The third kappa shape index (κ3) is 4.81. The molecule has 0 bridgehead atoms. The summed E-state index contributed by atoms with van der Waals surface area (Å²) >= 11 is 6.98. The highest BCUT2D eigenvalue weighted by molar-refractivity contribution is 7.98. The third-order valence-corrected chi connectivity index (χ3v) is 3.99. The van der Waals surface area contributed by atoms with Crippen LogP contribution in [-0.4, -0.2) is 20.9 Å². The molecule has 0 N–H and O–H groups in total. The van der Waals surface area contributed by atoms with E-state index in [1.54, 1.807) is 13.1 Å². The van der Waals surface area contributed by atoms with E-state index in [2.05, 4.69) is 19.7 Å². The van der Waals surface area contributed by atoms with Gasteiger partial charge in [0.15, 0.2) is 10.9 Å². The lowest BCUT2D eigenvalue weighted by Gasteiger charge is -2.10. The number of esters is 1. The number of pyridine rings is 1. The van der Waals surface area contributed by atoms with E-state index < -0.39 is 23.7 Å². The number of alkyl halides is 3. The molecular formula is C14H11ClF3N3O2S. The predicted molar refractivity (Wildman–Crippen MR) is 81.9 cm³/mol. The number of aryl methyl sites for hydroxylation is 1. The van der Waals surface area contributed by atoms with Gasteiger partial charge in [0.25, 0.3) is 0 Å². The number of halogens is 4. The Kier molecular flexibility index (Phi) is 5.66. The lowest BCUT2D eigenvalue weighted by atomic mass is 10.2. The second-order valence-electron chi connectivity index (χ2n) is 4.67. The van der Waals surface area contributed by atoms with E-state index in [1.807, 2.05) is 0 Å². The number of nitrogens with zero attached hydrogens (tertiary/aromatic N) is 3. The summed E-state index contributed by atoms with van der Waals surface area (Å²) in [5.41, 5.74) is 0.322. The molecular weight excluding hydrogens is 367 g/mol. The molecule has 0 atom stereocenters. The molecule has 0 fully saturated rings. The van der Waals surface area contributed by atoms with Crippen molar-refractivity contribution in [2.24, 2.45) is 0 Å². The summed E-state index contributed by atoms with van der Waals surface area (Å²) in [6.45, 7) is 2.86. The van der Waals surface area contributed by atoms with Crippen molar-refractivity contribution in [2.45, 2.75) is 30.9 Å². The van der Waals surface area contributed by atoms with Crippen molar-refractivity contribution in [1.82, 2.24) is 15.0 Å². The van der Waals surface area contributed by atoms with Gasteiger partial charge in [0.2, 0.25) is 5.88 Å². The summed E-state index contributed by atoms with van der Waals surface area (Å²) in [6.07, 6.45) is -1.64. The molecule has 2 heterocycles. The molecule has 0 aliphatic rings. The van der Waals surface area contributed by atoms with Crippen LogP contribution in [0.3, 0.4) is 0 Å². The van der Waals surface area contributed by atoms with Crippen molar-refractivity contribution < 1.29 is 22.7 Å². The molecule has 0 saturated heterocycles. The van der Waals surface area contributed by atoms with Crippen LogP contribution >= 0.6 is 23.4 Å². The number of aromatic nitrogens is 3. The molecule has 0 saturated carbocycles. The molecule has 2 aromatic heterocycles. The summed E-state index contributed by atoms with van der Waals surface area (Å²) in [5.74, 6) is -0.982. The predicted octanol–water partition coefficient (Wildman–Crippen LogP) is 4.07. The molecule has 2 aromatic rings. The van der Waals surface area contributed by atoms with Gasteiger partial charge in [-0.15, -0.1) is 0 Å². The molecule has 0 aliphatic carbocycles. The molecule has 0 amide bonds. The number of thioether (sulfide) groups is 1. The Morgan fingerprint density at radius 2 is 2.04 bits per heavy atom. The fourth-order valence-corrected chi connectivity index (χ4v) is 3.02. The number of carbonyl (C=O) groups is 1. The molecule has 0 aromatic carbocycles. The molecule has 0 aliphatic heterocycles. The van der Waals surface area contributed by atoms with Gasteiger partial charge in [-0.2, -0.15) is 18.2 Å². The number of ether oxygens (including phenoxy) is 1. The Bertz CT molecular complexity index is 751. The van der Waals surface area contributed by atoms with E-state index in [0.29, 0.717) is 16.7 Å². The average Bonchev–Trinajstić information content (AvgIpc) is 2.45. The highest BCUT2D eigenvalue weighted by atomic mass is 35.5. The van der Waals surface area contributed by atoms with Crippen molar-refractivity contribution in [1.29, 1.82) is 0 Å². The van der Waals surface area contributed by atoms with E-state index >= 15 is 0 Å². The van der Waals surface area contributed by atoms with E-state index in [-0.39, 0.29) is 10.9 Å². The molecule has 24 heavy (non-hydrogen) atoms. The fourth-order valence-electron chi connectivity index (χ4n) is 1.69. The summed E-state index contributed by atoms with van der Waals surface area (Å²) in [5, 5.41) is 0.225. The molecule has 0 radical (unpaired) electrons. The largest absolute Gasteiger partial charge is 0.433 e. The van der Waals surface area contributed by atoms with Gasteiger partial charge in [0.05, 0.1) is 5.02 Å². The number of hydrogen-bond acceptors (Lipinski definition) is 6. The zero-order valence-corrected chi connectivity index (χ0v) is 14.1. The summed E-state index contributed by atoms with van der Waals surface area (Å²) < 4.78 is 43.4. The first-order chi connectivity index (χ1) is 11.2. The molecule has 5 nitrogen and oxygen atoms in total. The Hall–Kier alpha value is -1.87. The second-order valence-corrected chi connectivity index (χ2v) is 6.02. The summed E-state index contributed by atoms with van der Waals surface area (Å²) in [6, 6.07) is 0.579. The molecule has 0 spiro atoms. The van der Waals surface area contributed by atoms with Crippen molar-refractivity contribution in [3.05, 3.63) is 40.3 Å². The first kappa shape index (κ1) is 18.5. The summed E-state index contributed by atoms with van der Waals surface area (Å²) in [7, 11) is 0. The average molecular weight is 378 g/mol. The second kappa shape index (κ2) is 7.35. The highest BCUT2D eigenvalue weighted by Gasteiger charge is 2.34. The Labute approximate surface area is 144 Å². The fraction of sp³-hybridized carbons (Fsp3) is 0.286. The maximum atomic E-state index is 12.9. The minimum atomic E-state index is -4.68. The van der Waals surface area contributed by atoms with Crippen LogP contribution in [0.5, 0.6) is 5.88 Å². The SMILES string of the molecule is CC(=O)Oc1cc(C(F)(F)F)nc(SCc2c(C)cncc2Cl)n1. The Balaban J connectivity index is 2.30. The van der Waals surface area contributed by atoms with Crippen molar-refractivity contribution in [2.75, 3.05) is 0 Å². The van der Waals surface area contributed by atoms with Crippen LogP contribution < -0.4 is 4.74 Å². The highest BCUT2D eigenvalue weighted by Crippen LogP contribution is 2.33. The van der Waals surface area contributed by atoms with Gasteiger partial charge in [0, 0.05) is 31.1 Å². The van der Waals surface area contributed by atoms with E-state index in [9.17, 15) is 18.0 Å². The van der Waals surface area contributed by atoms with E-state index in [1.165, 1.54) is 6.20 Å². The first-order valence-electron chi connectivity index (χ1n) is 6.53. The normalized spacial score (nSPS) is 11.4. The van der Waals surface area contributed by atoms with Crippen LogP contribution in [0.25, 0.3) is 0 Å². The number of rotatable bonds is 4. The first-order valence-corrected chi connectivity index (χ1v) is 7.89. The van der Waals surface area contributed by atoms with Crippen molar-refractivity contribution >= 4 is 29.3 Å². The Morgan fingerprint density at radius 1 is 1.33 bits per heavy atom. The minimum Gasteiger partial charge on any atom is -0.407 e. The van der Waals surface area contributed by atoms with Gasteiger partial charge >= 0.3 is 12.1 Å². The maximum absolute atomic E-state index is 12.9. The van der Waals surface area contributed by atoms with Crippen LogP contribution in [0.4, 0.5) is 13.2 Å². The molecule has 0 unspecified atom stereocenters. The van der Waals surface area contributed by atoms with Crippen molar-refractivity contribution in [3.63, 3.8) is 0 Å².